The standard InChI is InChI=1S/C14H21N3O/c1-11-4-5-12(2)13(10-11)16(3)14(18)17-8-6-15-7-9-17/h4-5,10,15H,6-9H2,1-3H3. The zero-order valence-corrected chi connectivity index (χ0v) is 11.4. The molecule has 0 radical (unpaired) electrons. The van der Waals surface area contributed by atoms with Crippen LogP contribution in [0, 0.1) is 13.8 Å². The first kappa shape index (κ1) is 12.9. The Balaban J connectivity index is 2.16. The Hall–Kier alpha value is -1.55. The second-order valence-electron chi connectivity index (χ2n) is 4.87. The quantitative estimate of drug-likeness (QED) is 0.821. The van der Waals surface area contributed by atoms with Crippen molar-refractivity contribution >= 4 is 11.7 Å². The van der Waals surface area contributed by atoms with E-state index >= 15 is 0 Å². The zero-order valence-electron chi connectivity index (χ0n) is 11.4. The van der Waals surface area contributed by atoms with Crippen LogP contribution < -0.4 is 10.2 Å². The van der Waals surface area contributed by atoms with Gasteiger partial charge in [-0.05, 0) is 31.0 Å². The Morgan fingerprint density at radius 2 is 1.94 bits per heavy atom. The van der Waals surface area contributed by atoms with Gasteiger partial charge in [0.05, 0.1) is 0 Å². The van der Waals surface area contributed by atoms with E-state index in [2.05, 4.69) is 23.5 Å². The number of urea groups is 1. The Bertz CT molecular complexity index is 439. The molecule has 1 aromatic rings. The molecule has 2 rings (SSSR count). The number of hydrogen-bond donors (Lipinski definition) is 1. The number of nitrogens with zero attached hydrogens (tertiary/aromatic N) is 2. The fraction of sp³-hybridized carbons (Fsp3) is 0.500. The van der Waals surface area contributed by atoms with Gasteiger partial charge < -0.3 is 10.2 Å². The van der Waals surface area contributed by atoms with Crippen LogP contribution in [-0.4, -0.2) is 44.2 Å². The first-order valence-electron chi connectivity index (χ1n) is 6.40. The van der Waals surface area contributed by atoms with Crippen molar-refractivity contribution in [3.8, 4) is 0 Å². The van der Waals surface area contributed by atoms with Crippen molar-refractivity contribution in [2.75, 3.05) is 38.1 Å². The molecule has 0 spiro atoms. The van der Waals surface area contributed by atoms with Gasteiger partial charge in [0.25, 0.3) is 0 Å². The molecule has 1 heterocycles. The summed E-state index contributed by atoms with van der Waals surface area (Å²) in [7, 11) is 1.85. The minimum atomic E-state index is 0.0881. The zero-order chi connectivity index (χ0) is 13.1. The molecule has 0 atom stereocenters. The number of amides is 2. The van der Waals surface area contributed by atoms with Crippen LogP contribution in [-0.2, 0) is 0 Å². The Labute approximate surface area is 109 Å². The number of aryl methyl sites for hydroxylation is 2. The van der Waals surface area contributed by atoms with Crippen LogP contribution in [0.1, 0.15) is 11.1 Å². The lowest BCUT2D eigenvalue weighted by Crippen LogP contribution is -2.50. The van der Waals surface area contributed by atoms with E-state index in [-0.39, 0.29) is 6.03 Å². The second kappa shape index (κ2) is 5.40. The highest BCUT2D eigenvalue weighted by molar-refractivity contribution is 5.92. The van der Waals surface area contributed by atoms with Crippen molar-refractivity contribution in [3.63, 3.8) is 0 Å². The maximum absolute atomic E-state index is 12.4. The maximum atomic E-state index is 12.4. The molecule has 0 saturated carbocycles. The molecular weight excluding hydrogens is 226 g/mol. The molecule has 1 aliphatic rings. The molecule has 98 valence electrons. The monoisotopic (exact) mass is 247 g/mol. The molecule has 4 nitrogen and oxygen atoms in total. The normalized spacial score (nSPS) is 15.6. The summed E-state index contributed by atoms with van der Waals surface area (Å²) in [5.74, 6) is 0. The third-order valence-electron chi connectivity index (χ3n) is 3.40. The number of carbonyl (C=O) groups is 1. The van der Waals surface area contributed by atoms with Crippen molar-refractivity contribution in [1.29, 1.82) is 0 Å². The molecular formula is C14H21N3O. The molecule has 1 fully saturated rings. The SMILES string of the molecule is Cc1ccc(C)c(N(C)C(=O)N2CCNCC2)c1. The predicted molar refractivity (Wildman–Crippen MR) is 74.2 cm³/mol. The van der Waals surface area contributed by atoms with Crippen molar-refractivity contribution in [2.24, 2.45) is 0 Å². The molecule has 2 amide bonds. The molecule has 1 saturated heterocycles. The van der Waals surface area contributed by atoms with E-state index in [9.17, 15) is 4.79 Å². The largest absolute Gasteiger partial charge is 0.324 e. The van der Waals surface area contributed by atoms with Crippen LogP contribution in [0.25, 0.3) is 0 Å². The molecule has 0 aromatic heterocycles. The fourth-order valence-corrected chi connectivity index (χ4v) is 2.25. The van der Waals surface area contributed by atoms with Gasteiger partial charge in [0.2, 0.25) is 0 Å². The van der Waals surface area contributed by atoms with Crippen LogP contribution in [0.5, 0.6) is 0 Å². The summed E-state index contributed by atoms with van der Waals surface area (Å²) in [6, 6.07) is 6.29. The third-order valence-corrected chi connectivity index (χ3v) is 3.40. The molecule has 0 bridgehead atoms. The van der Waals surface area contributed by atoms with Crippen molar-refractivity contribution < 1.29 is 4.79 Å². The molecule has 4 heteroatoms. The van der Waals surface area contributed by atoms with Crippen molar-refractivity contribution in [2.45, 2.75) is 13.8 Å². The van der Waals surface area contributed by atoms with Crippen molar-refractivity contribution in [3.05, 3.63) is 29.3 Å². The molecule has 1 aromatic carbocycles. The number of rotatable bonds is 1. The summed E-state index contributed by atoms with van der Waals surface area (Å²) in [4.78, 5) is 16.0. The van der Waals surface area contributed by atoms with Crippen LogP contribution in [0.3, 0.4) is 0 Å². The van der Waals surface area contributed by atoms with Gasteiger partial charge in [-0.1, -0.05) is 12.1 Å². The molecule has 0 aliphatic carbocycles. The lowest BCUT2D eigenvalue weighted by molar-refractivity contribution is 0.198. The number of benzene rings is 1. The summed E-state index contributed by atoms with van der Waals surface area (Å²) in [5, 5.41) is 3.26. The average Bonchev–Trinajstić information content (AvgIpc) is 2.41. The first-order chi connectivity index (χ1) is 8.59. The Morgan fingerprint density at radius 1 is 1.28 bits per heavy atom. The van der Waals surface area contributed by atoms with Gasteiger partial charge >= 0.3 is 6.03 Å². The predicted octanol–water partition coefficient (Wildman–Crippen LogP) is 1.76. The summed E-state index contributed by atoms with van der Waals surface area (Å²) in [6.07, 6.45) is 0. The second-order valence-corrected chi connectivity index (χ2v) is 4.87. The number of hydrogen-bond acceptors (Lipinski definition) is 2. The van der Waals surface area contributed by atoms with Gasteiger partial charge in [0.1, 0.15) is 0 Å². The summed E-state index contributed by atoms with van der Waals surface area (Å²) >= 11 is 0. The van der Waals surface area contributed by atoms with Gasteiger partial charge in [-0.25, -0.2) is 4.79 Å². The van der Waals surface area contributed by atoms with E-state index in [4.69, 9.17) is 0 Å². The van der Waals surface area contributed by atoms with E-state index < -0.39 is 0 Å². The van der Waals surface area contributed by atoms with Crippen LogP contribution in [0.15, 0.2) is 18.2 Å². The van der Waals surface area contributed by atoms with Gasteiger partial charge in [-0.2, -0.15) is 0 Å². The molecule has 1 aliphatic heterocycles. The smallest absolute Gasteiger partial charge is 0.322 e. The van der Waals surface area contributed by atoms with E-state index in [1.807, 2.05) is 25.8 Å². The van der Waals surface area contributed by atoms with Gasteiger partial charge in [-0.15, -0.1) is 0 Å². The molecule has 1 N–H and O–H groups in total. The van der Waals surface area contributed by atoms with Crippen LogP contribution in [0.4, 0.5) is 10.5 Å². The summed E-state index contributed by atoms with van der Waals surface area (Å²) in [6.45, 7) is 7.42. The fourth-order valence-electron chi connectivity index (χ4n) is 2.25. The lowest BCUT2D eigenvalue weighted by Gasteiger charge is -2.32. The van der Waals surface area contributed by atoms with E-state index in [0.717, 1.165) is 37.4 Å². The summed E-state index contributed by atoms with van der Waals surface area (Å²) < 4.78 is 0. The average molecular weight is 247 g/mol. The van der Waals surface area contributed by atoms with Crippen molar-refractivity contribution in [1.82, 2.24) is 10.2 Å². The van der Waals surface area contributed by atoms with E-state index in [1.54, 1.807) is 4.90 Å². The highest BCUT2D eigenvalue weighted by Crippen LogP contribution is 2.21. The highest BCUT2D eigenvalue weighted by atomic mass is 16.2. The first-order valence-corrected chi connectivity index (χ1v) is 6.40. The summed E-state index contributed by atoms with van der Waals surface area (Å²) in [5.41, 5.74) is 3.31. The van der Waals surface area contributed by atoms with E-state index in [1.165, 1.54) is 5.56 Å². The third kappa shape index (κ3) is 2.64. The Kier molecular flexibility index (Phi) is 3.87. The minimum absolute atomic E-state index is 0.0881. The highest BCUT2D eigenvalue weighted by Gasteiger charge is 2.21. The maximum Gasteiger partial charge on any atom is 0.324 e. The van der Waals surface area contributed by atoms with Gasteiger partial charge in [0.15, 0.2) is 0 Å². The van der Waals surface area contributed by atoms with Crippen LogP contribution in [0.2, 0.25) is 0 Å². The topological polar surface area (TPSA) is 35.6 Å². The molecule has 18 heavy (non-hydrogen) atoms. The van der Waals surface area contributed by atoms with Gasteiger partial charge in [0, 0.05) is 38.9 Å². The van der Waals surface area contributed by atoms with Gasteiger partial charge in [-0.3, -0.25) is 4.90 Å². The number of anilines is 1. The van der Waals surface area contributed by atoms with Crippen LogP contribution >= 0.6 is 0 Å². The lowest BCUT2D eigenvalue weighted by atomic mass is 10.1. The number of nitrogens with one attached hydrogen (secondary N) is 1. The minimum Gasteiger partial charge on any atom is -0.322 e. The Morgan fingerprint density at radius 3 is 2.61 bits per heavy atom. The number of piperazine rings is 1. The molecule has 0 unspecified atom stereocenters. The van der Waals surface area contributed by atoms with E-state index in [0.29, 0.717) is 0 Å². The number of carbonyl (C=O) groups excluding carboxylic acids is 1.